The Labute approximate surface area is 154 Å². The zero-order valence-electron chi connectivity index (χ0n) is 13.7. The van der Waals surface area contributed by atoms with Gasteiger partial charge in [0.15, 0.2) is 0 Å². The van der Waals surface area contributed by atoms with Crippen molar-refractivity contribution in [3.8, 4) is 0 Å². The maximum atomic E-state index is 12.7. The van der Waals surface area contributed by atoms with E-state index >= 15 is 0 Å². The van der Waals surface area contributed by atoms with Gasteiger partial charge in [0.05, 0.1) is 23.7 Å². The van der Waals surface area contributed by atoms with E-state index in [1.54, 1.807) is 5.38 Å². The van der Waals surface area contributed by atoms with Gasteiger partial charge in [-0.15, -0.1) is 11.3 Å². The highest BCUT2D eigenvalue weighted by molar-refractivity contribution is 7.89. The van der Waals surface area contributed by atoms with Gasteiger partial charge in [0.2, 0.25) is 10.0 Å². The van der Waals surface area contributed by atoms with E-state index in [-0.39, 0.29) is 29.1 Å². The number of amides is 2. The van der Waals surface area contributed by atoms with E-state index in [1.807, 2.05) is 0 Å². The number of carbonyl (C=O) groups is 2. The van der Waals surface area contributed by atoms with Crippen LogP contribution < -0.4 is 11.1 Å². The van der Waals surface area contributed by atoms with Gasteiger partial charge in [-0.1, -0.05) is 6.07 Å². The molecule has 0 unspecified atom stereocenters. The third kappa shape index (κ3) is 3.78. The van der Waals surface area contributed by atoms with Crippen molar-refractivity contribution in [3.63, 3.8) is 0 Å². The number of ether oxygens (including phenoxy) is 1. The lowest BCUT2D eigenvalue weighted by molar-refractivity contribution is 0.0730. The fourth-order valence-electron chi connectivity index (χ4n) is 2.51. The number of primary amides is 1. The molecule has 0 aliphatic carbocycles. The topological polar surface area (TPSA) is 119 Å². The number of hydrogen-bond acceptors (Lipinski definition) is 6. The molecule has 2 amide bonds. The van der Waals surface area contributed by atoms with Crippen molar-refractivity contribution in [2.24, 2.45) is 5.73 Å². The van der Waals surface area contributed by atoms with Crippen molar-refractivity contribution < 1.29 is 22.7 Å². The van der Waals surface area contributed by atoms with Gasteiger partial charge < -0.3 is 15.8 Å². The first-order chi connectivity index (χ1) is 12.4. The van der Waals surface area contributed by atoms with E-state index < -0.39 is 21.8 Å². The number of nitrogens with two attached hydrogens (primary N) is 1. The first-order valence-corrected chi connectivity index (χ1v) is 10.1. The highest BCUT2D eigenvalue weighted by Gasteiger charge is 2.27. The molecule has 138 valence electrons. The van der Waals surface area contributed by atoms with Crippen LogP contribution in [0.15, 0.2) is 40.6 Å². The smallest absolute Gasteiger partial charge is 0.256 e. The maximum Gasteiger partial charge on any atom is 0.256 e. The number of nitrogens with one attached hydrogen (secondary N) is 1. The Hall–Kier alpha value is -2.27. The van der Waals surface area contributed by atoms with Gasteiger partial charge in [-0.05, 0) is 29.6 Å². The Morgan fingerprint density at radius 2 is 1.92 bits per heavy atom. The fourth-order valence-corrected chi connectivity index (χ4v) is 4.75. The van der Waals surface area contributed by atoms with Crippen LogP contribution in [0.2, 0.25) is 0 Å². The summed E-state index contributed by atoms with van der Waals surface area (Å²) in [6.07, 6.45) is 0. The van der Waals surface area contributed by atoms with Crippen molar-refractivity contribution in [1.29, 1.82) is 0 Å². The quantitative estimate of drug-likeness (QED) is 0.786. The molecule has 10 heteroatoms. The molecule has 1 saturated heterocycles. The number of benzene rings is 1. The van der Waals surface area contributed by atoms with Crippen LogP contribution in [0.4, 0.5) is 5.00 Å². The van der Waals surface area contributed by atoms with Crippen LogP contribution in [-0.2, 0) is 14.8 Å². The first-order valence-electron chi connectivity index (χ1n) is 7.76. The molecular formula is C16H17N3O5S2. The van der Waals surface area contributed by atoms with Crippen LogP contribution in [0.1, 0.15) is 20.7 Å². The van der Waals surface area contributed by atoms with Crippen LogP contribution in [0.5, 0.6) is 0 Å². The summed E-state index contributed by atoms with van der Waals surface area (Å²) in [5.41, 5.74) is 5.64. The minimum absolute atomic E-state index is 0.0355. The Balaban J connectivity index is 1.83. The number of carbonyl (C=O) groups excluding carboxylic acids is 2. The van der Waals surface area contributed by atoms with E-state index in [9.17, 15) is 18.0 Å². The summed E-state index contributed by atoms with van der Waals surface area (Å²) >= 11 is 1.16. The van der Waals surface area contributed by atoms with E-state index in [0.717, 1.165) is 11.3 Å². The Morgan fingerprint density at radius 1 is 1.19 bits per heavy atom. The number of morpholine rings is 1. The second-order valence-corrected chi connectivity index (χ2v) is 8.38. The molecule has 3 N–H and O–H groups in total. The summed E-state index contributed by atoms with van der Waals surface area (Å²) in [6, 6.07) is 7.29. The van der Waals surface area contributed by atoms with Crippen LogP contribution >= 0.6 is 11.3 Å². The minimum Gasteiger partial charge on any atom is -0.379 e. The maximum absolute atomic E-state index is 12.7. The molecule has 0 radical (unpaired) electrons. The van der Waals surface area contributed by atoms with E-state index in [4.69, 9.17) is 10.5 Å². The molecule has 1 fully saturated rings. The molecule has 3 rings (SSSR count). The predicted octanol–water partition coefficient (Wildman–Crippen LogP) is 1.12. The van der Waals surface area contributed by atoms with Gasteiger partial charge in [0.25, 0.3) is 11.8 Å². The summed E-state index contributed by atoms with van der Waals surface area (Å²) in [5.74, 6) is -1.17. The minimum atomic E-state index is -3.70. The van der Waals surface area contributed by atoms with Gasteiger partial charge in [-0.25, -0.2) is 8.42 Å². The SMILES string of the molecule is NC(=O)c1ccsc1NC(=O)c1cccc(S(=O)(=O)N2CCOCC2)c1. The molecule has 0 spiro atoms. The summed E-state index contributed by atoms with van der Waals surface area (Å²) in [5, 5.41) is 4.55. The third-order valence-corrected chi connectivity index (χ3v) is 6.59. The largest absolute Gasteiger partial charge is 0.379 e. The number of anilines is 1. The summed E-state index contributed by atoms with van der Waals surface area (Å²) in [4.78, 5) is 23.8. The second-order valence-electron chi connectivity index (χ2n) is 5.53. The lowest BCUT2D eigenvalue weighted by Gasteiger charge is -2.26. The van der Waals surface area contributed by atoms with Gasteiger partial charge in [0.1, 0.15) is 5.00 Å². The summed E-state index contributed by atoms with van der Waals surface area (Å²) < 4.78 is 31.9. The molecule has 2 aromatic rings. The third-order valence-electron chi connectivity index (χ3n) is 3.86. The average Bonchev–Trinajstić information content (AvgIpc) is 3.11. The fraction of sp³-hybridized carbons (Fsp3) is 0.250. The predicted molar refractivity (Wildman–Crippen MR) is 96.8 cm³/mol. The zero-order valence-corrected chi connectivity index (χ0v) is 15.3. The number of rotatable bonds is 5. The number of nitrogens with zero attached hydrogens (tertiary/aromatic N) is 1. The number of thiophene rings is 1. The van der Waals surface area contributed by atoms with E-state index in [1.165, 1.54) is 34.6 Å². The molecule has 1 aliphatic heterocycles. The van der Waals surface area contributed by atoms with Crippen LogP contribution in [-0.4, -0.2) is 50.8 Å². The summed E-state index contributed by atoms with van der Waals surface area (Å²) in [6.45, 7) is 1.23. The highest BCUT2D eigenvalue weighted by atomic mass is 32.2. The first kappa shape index (κ1) is 18.5. The molecule has 1 aromatic heterocycles. The van der Waals surface area contributed by atoms with Crippen molar-refractivity contribution in [1.82, 2.24) is 4.31 Å². The molecule has 2 heterocycles. The average molecular weight is 395 g/mol. The molecule has 0 atom stereocenters. The zero-order chi connectivity index (χ0) is 18.7. The molecular weight excluding hydrogens is 378 g/mol. The van der Waals surface area contributed by atoms with Crippen LogP contribution in [0, 0.1) is 0 Å². The monoisotopic (exact) mass is 395 g/mol. The van der Waals surface area contributed by atoms with Crippen LogP contribution in [0.3, 0.4) is 0 Å². The second kappa shape index (κ2) is 7.54. The van der Waals surface area contributed by atoms with Crippen molar-refractivity contribution in [3.05, 3.63) is 46.8 Å². The Kier molecular flexibility index (Phi) is 5.37. The molecule has 8 nitrogen and oxygen atoms in total. The number of sulfonamides is 1. The van der Waals surface area contributed by atoms with Crippen molar-refractivity contribution >= 4 is 38.2 Å². The lowest BCUT2D eigenvalue weighted by Crippen LogP contribution is -2.40. The molecule has 1 aliphatic rings. The van der Waals surface area contributed by atoms with Crippen LogP contribution in [0.25, 0.3) is 0 Å². The van der Waals surface area contributed by atoms with Gasteiger partial charge >= 0.3 is 0 Å². The lowest BCUT2D eigenvalue weighted by atomic mass is 10.2. The Morgan fingerprint density at radius 3 is 2.62 bits per heavy atom. The standard InChI is InChI=1S/C16H17N3O5S2/c17-14(20)13-4-9-25-16(13)18-15(21)11-2-1-3-12(10-11)26(22,23)19-5-7-24-8-6-19/h1-4,9-10H,5-8H2,(H2,17,20)(H,18,21). The van der Waals surface area contributed by atoms with Crippen molar-refractivity contribution in [2.45, 2.75) is 4.90 Å². The van der Waals surface area contributed by atoms with E-state index in [0.29, 0.717) is 18.2 Å². The molecule has 1 aromatic carbocycles. The van der Waals surface area contributed by atoms with Gasteiger partial charge in [-0.2, -0.15) is 4.31 Å². The van der Waals surface area contributed by atoms with E-state index in [2.05, 4.69) is 5.32 Å². The van der Waals surface area contributed by atoms with Gasteiger partial charge in [0, 0.05) is 18.7 Å². The highest BCUT2D eigenvalue weighted by Crippen LogP contribution is 2.24. The summed E-state index contributed by atoms with van der Waals surface area (Å²) in [7, 11) is -3.70. The molecule has 0 saturated carbocycles. The molecule has 26 heavy (non-hydrogen) atoms. The normalized spacial score (nSPS) is 15.5. The van der Waals surface area contributed by atoms with Gasteiger partial charge in [-0.3, -0.25) is 9.59 Å². The number of hydrogen-bond donors (Lipinski definition) is 2. The van der Waals surface area contributed by atoms with Crippen molar-refractivity contribution in [2.75, 3.05) is 31.6 Å². The molecule has 0 bridgehead atoms. The Bertz CT molecular complexity index is 933.